The van der Waals surface area contributed by atoms with Gasteiger partial charge in [0, 0.05) is 23.6 Å². The van der Waals surface area contributed by atoms with Gasteiger partial charge in [-0.1, -0.05) is 13.0 Å². The largest absolute Gasteiger partial charge is 0.368 e. The van der Waals surface area contributed by atoms with Crippen LogP contribution in [0.15, 0.2) is 22.7 Å². The van der Waals surface area contributed by atoms with Crippen LogP contribution >= 0.6 is 15.9 Å². The van der Waals surface area contributed by atoms with Crippen LogP contribution in [-0.4, -0.2) is 19.6 Å². The summed E-state index contributed by atoms with van der Waals surface area (Å²) in [6, 6.07) is 7.19. The molecule has 2 nitrogen and oxygen atoms in total. The Kier molecular flexibility index (Phi) is 6.00. The summed E-state index contributed by atoms with van der Waals surface area (Å²) in [5, 5.41) is 3.17. The summed E-state index contributed by atoms with van der Waals surface area (Å²) in [4.78, 5) is 2.44. The summed E-state index contributed by atoms with van der Waals surface area (Å²) in [5.74, 6) is 0. The number of rotatable bonds is 6. The molecule has 1 aromatic carbocycles. The van der Waals surface area contributed by atoms with Gasteiger partial charge in [0.2, 0.25) is 0 Å². The van der Waals surface area contributed by atoms with Crippen LogP contribution in [-0.2, 0) is 6.54 Å². The van der Waals surface area contributed by atoms with E-state index in [-0.39, 0.29) is 0 Å². The standard InChI is InChI=1S/C14H23BrN2/c1-5-11(3)17(6-2)14-8-7-12(10-16-4)9-13(14)15/h7-9,11,16H,5-6,10H2,1-4H3. The lowest BCUT2D eigenvalue weighted by Gasteiger charge is -2.30. The van der Waals surface area contributed by atoms with E-state index in [9.17, 15) is 0 Å². The Labute approximate surface area is 114 Å². The molecule has 0 aliphatic heterocycles. The molecule has 1 aromatic rings. The molecular formula is C14H23BrN2. The number of hydrogen-bond acceptors (Lipinski definition) is 2. The molecule has 0 bridgehead atoms. The zero-order chi connectivity index (χ0) is 12.8. The smallest absolute Gasteiger partial charge is 0.0513 e. The predicted molar refractivity (Wildman–Crippen MR) is 79.7 cm³/mol. The number of anilines is 1. The van der Waals surface area contributed by atoms with Crippen LogP contribution in [0.4, 0.5) is 5.69 Å². The summed E-state index contributed by atoms with van der Waals surface area (Å²) in [5.41, 5.74) is 2.60. The first-order chi connectivity index (χ1) is 8.13. The van der Waals surface area contributed by atoms with Crippen molar-refractivity contribution in [1.82, 2.24) is 5.32 Å². The van der Waals surface area contributed by atoms with Crippen LogP contribution in [0.2, 0.25) is 0 Å². The van der Waals surface area contributed by atoms with Crippen molar-refractivity contribution < 1.29 is 0 Å². The third-order valence-electron chi connectivity index (χ3n) is 3.17. The Morgan fingerprint density at radius 2 is 2.06 bits per heavy atom. The first-order valence-electron chi connectivity index (χ1n) is 6.33. The quantitative estimate of drug-likeness (QED) is 0.859. The Morgan fingerprint density at radius 3 is 2.53 bits per heavy atom. The van der Waals surface area contributed by atoms with E-state index in [0.29, 0.717) is 6.04 Å². The van der Waals surface area contributed by atoms with Gasteiger partial charge in [-0.15, -0.1) is 0 Å². The van der Waals surface area contributed by atoms with Crippen molar-refractivity contribution >= 4 is 21.6 Å². The Balaban J connectivity index is 2.96. The van der Waals surface area contributed by atoms with E-state index in [1.54, 1.807) is 0 Å². The van der Waals surface area contributed by atoms with Crippen LogP contribution in [0.3, 0.4) is 0 Å². The lowest BCUT2D eigenvalue weighted by atomic mass is 10.1. The van der Waals surface area contributed by atoms with Gasteiger partial charge in [-0.25, -0.2) is 0 Å². The van der Waals surface area contributed by atoms with Crippen molar-refractivity contribution in [3.63, 3.8) is 0 Å². The fourth-order valence-electron chi connectivity index (χ4n) is 2.04. The van der Waals surface area contributed by atoms with Gasteiger partial charge in [0.05, 0.1) is 5.69 Å². The van der Waals surface area contributed by atoms with Crippen molar-refractivity contribution in [1.29, 1.82) is 0 Å². The maximum Gasteiger partial charge on any atom is 0.0513 e. The van der Waals surface area contributed by atoms with E-state index < -0.39 is 0 Å². The topological polar surface area (TPSA) is 15.3 Å². The molecule has 1 N–H and O–H groups in total. The average Bonchev–Trinajstić information content (AvgIpc) is 2.32. The number of halogens is 1. The number of nitrogens with zero attached hydrogens (tertiary/aromatic N) is 1. The van der Waals surface area contributed by atoms with Crippen LogP contribution in [0.1, 0.15) is 32.8 Å². The number of hydrogen-bond donors (Lipinski definition) is 1. The number of benzene rings is 1. The van der Waals surface area contributed by atoms with Crippen molar-refractivity contribution in [3.05, 3.63) is 28.2 Å². The maximum atomic E-state index is 3.69. The zero-order valence-corrected chi connectivity index (χ0v) is 12.8. The summed E-state index contributed by atoms with van der Waals surface area (Å²) < 4.78 is 1.19. The van der Waals surface area contributed by atoms with Crippen LogP contribution in [0, 0.1) is 0 Å². The molecule has 0 saturated heterocycles. The lowest BCUT2D eigenvalue weighted by molar-refractivity contribution is 0.629. The summed E-state index contributed by atoms with van der Waals surface area (Å²) in [7, 11) is 1.97. The van der Waals surface area contributed by atoms with Gasteiger partial charge in [0.15, 0.2) is 0 Å². The first kappa shape index (κ1) is 14.5. The third kappa shape index (κ3) is 3.71. The van der Waals surface area contributed by atoms with Crippen molar-refractivity contribution in [2.24, 2.45) is 0 Å². The van der Waals surface area contributed by atoms with Crippen molar-refractivity contribution in [3.8, 4) is 0 Å². The highest BCUT2D eigenvalue weighted by Gasteiger charge is 2.13. The molecule has 0 heterocycles. The van der Waals surface area contributed by atoms with Gasteiger partial charge in [0.1, 0.15) is 0 Å². The lowest BCUT2D eigenvalue weighted by Crippen LogP contribution is -2.32. The summed E-state index contributed by atoms with van der Waals surface area (Å²) in [6.45, 7) is 8.67. The Hall–Kier alpha value is -0.540. The normalized spacial score (nSPS) is 12.5. The number of nitrogens with one attached hydrogen (secondary N) is 1. The van der Waals surface area contributed by atoms with Gasteiger partial charge in [-0.2, -0.15) is 0 Å². The molecule has 0 fully saturated rings. The van der Waals surface area contributed by atoms with Crippen LogP contribution in [0.5, 0.6) is 0 Å². The molecule has 0 radical (unpaired) electrons. The predicted octanol–water partition coefficient (Wildman–Crippen LogP) is 3.79. The minimum atomic E-state index is 0.575. The van der Waals surface area contributed by atoms with Gasteiger partial charge in [0.25, 0.3) is 0 Å². The second-order valence-electron chi connectivity index (χ2n) is 4.36. The third-order valence-corrected chi connectivity index (χ3v) is 3.80. The SMILES string of the molecule is CCC(C)N(CC)c1ccc(CNC)cc1Br. The van der Waals surface area contributed by atoms with Crippen molar-refractivity contribution in [2.45, 2.75) is 39.8 Å². The molecule has 0 aliphatic rings. The fourth-order valence-corrected chi connectivity index (χ4v) is 2.69. The first-order valence-corrected chi connectivity index (χ1v) is 7.12. The van der Waals surface area contributed by atoms with E-state index in [1.165, 1.54) is 22.1 Å². The highest BCUT2D eigenvalue weighted by Crippen LogP contribution is 2.29. The highest BCUT2D eigenvalue weighted by molar-refractivity contribution is 9.10. The average molecular weight is 299 g/mol. The molecule has 0 aliphatic carbocycles. The molecule has 96 valence electrons. The molecule has 1 unspecified atom stereocenters. The van der Waals surface area contributed by atoms with E-state index in [2.05, 4.69) is 65.1 Å². The van der Waals surface area contributed by atoms with Gasteiger partial charge in [-0.3, -0.25) is 0 Å². The maximum absolute atomic E-state index is 3.69. The zero-order valence-electron chi connectivity index (χ0n) is 11.3. The van der Waals surface area contributed by atoms with E-state index >= 15 is 0 Å². The second-order valence-corrected chi connectivity index (χ2v) is 5.21. The highest BCUT2D eigenvalue weighted by atomic mass is 79.9. The summed E-state index contributed by atoms with van der Waals surface area (Å²) in [6.07, 6.45) is 1.17. The monoisotopic (exact) mass is 298 g/mol. The van der Waals surface area contributed by atoms with E-state index in [4.69, 9.17) is 0 Å². The molecule has 1 rings (SSSR count). The van der Waals surface area contributed by atoms with Gasteiger partial charge >= 0.3 is 0 Å². The van der Waals surface area contributed by atoms with Crippen LogP contribution < -0.4 is 10.2 Å². The molecule has 0 amide bonds. The van der Waals surface area contributed by atoms with E-state index in [1.807, 2.05) is 7.05 Å². The second kappa shape index (κ2) is 7.02. The minimum absolute atomic E-state index is 0.575. The molecule has 3 heteroatoms. The molecule has 0 spiro atoms. The molecule has 0 saturated carbocycles. The van der Waals surface area contributed by atoms with Gasteiger partial charge in [-0.05, 0) is 60.9 Å². The molecule has 1 atom stereocenters. The fraction of sp³-hybridized carbons (Fsp3) is 0.571. The van der Waals surface area contributed by atoms with Gasteiger partial charge < -0.3 is 10.2 Å². The Bertz CT molecular complexity index is 352. The van der Waals surface area contributed by atoms with Crippen LogP contribution in [0.25, 0.3) is 0 Å². The molecule has 17 heavy (non-hydrogen) atoms. The minimum Gasteiger partial charge on any atom is -0.368 e. The summed E-state index contributed by atoms with van der Waals surface area (Å²) >= 11 is 3.69. The van der Waals surface area contributed by atoms with E-state index in [0.717, 1.165) is 13.1 Å². The van der Waals surface area contributed by atoms with Crippen molar-refractivity contribution in [2.75, 3.05) is 18.5 Å². The Morgan fingerprint density at radius 1 is 1.35 bits per heavy atom. The molecular weight excluding hydrogens is 276 g/mol. The molecule has 0 aromatic heterocycles.